The molecule has 4 heterocycles. The van der Waals surface area contributed by atoms with Crippen LogP contribution in [0.5, 0.6) is 23.0 Å². The summed E-state index contributed by atoms with van der Waals surface area (Å²) in [6, 6.07) is 24.7. The zero-order chi connectivity index (χ0) is 31.0. The molecule has 0 aliphatic carbocycles. The molecule has 2 aliphatic rings. The Bertz CT molecular complexity index is 1680. The summed E-state index contributed by atoms with van der Waals surface area (Å²) in [6.07, 6.45) is 16.5. The zero-order valence-corrected chi connectivity index (χ0v) is 26.3. The topological polar surface area (TPSA) is 62.7 Å². The molecule has 2 aromatic heterocycles. The smallest absolute Gasteiger partial charge is 0.132 e. The van der Waals surface area contributed by atoms with Gasteiger partial charge in [0, 0.05) is 10.8 Å². The van der Waals surface area contributed by atoms with Crippen molar-refractivity contribution in [3.05, 3.63) is 97.1 Å². The van der Waals surface area contributed by atoms with Crippen molar-refractivity contribution in [2.75, 3.05) is 26.4 Å². The standard InChI is InChI=1S/C40H40N2O4/c1-2-6-10-26-44-34-16-14-18-36-38(34)32-24-22-30-20-19-29-21-23-31(41-39(29)40(30)42-32)37-33(43-25-9-5-1)15-13-17-35(37)45-27-11-7-3-4-8-12-28-46-36/h1-4,13-24H,5-12,25-28H2/b2-1-,4-3+. The molecule has 0 radical (unpaired) electrons. The Hall–Kier alpha value is -4.84. The van der Waals surface area contributed by atoms with Crippen molar-refractivity contribution in [2.24, 2.45) is 0 Å². The van der Waals surface area contributed by atoms with E-state index in [4.69, 9.17) is 28.9 Å². The van der Waals surface area contributed by atoms with Gasteiger partial charge in [-0.25, -0.2) is 9.97 Å². The first-order chi connectivity index (χ1) is 22.8. The van der Waals surface area contributed by atoms with Gasteiger partial charge in [0.15, 0.2) is 0 Å². The Labute approximate surface area is 270 Å². The van der Waals surface area contributed by atoms with Gasteiger partial charge >= 0.3 is 0 Å². The lowest BCUT2D eigenvalue weighted by Crippen LogP contribution is -2.04. The monoisotopic (exact) mass is 612 g/mol. The molecule has 0 fully saturated rings. The van der Waals surface area contributed by atoms with Crippen molar-refractivity contribution < 1.29 is 18.9 Å². The number of rotatable bonds is 0. The summed E-state index contributed by atoms with van der Waals surface area (Å²) in [7, 11) is 0. The Kier molecular flexibility index (Phi) is 9.41. The second kappa shape index (κ2) is 14.5. The fraction of sp³-hybridized carbons (Fsp3) is 0.300. The molecule has 6 nitrogen and oxygen atoms in total. The van der Waals surface area contributed by atoms with E-state index in [1.165, 1.54) is 0 Å². The molecular weight excluding hydrogens is 572 g/mol. The molecule has 234 valence electrons. The van der Waals surface area contributed by atoms with Crippen molar-refractivity contribution in [1.82, 2.24) is 9.97 Å². The van der Waals surface area contributed by atoms with E-state index >= 15 is 0 Å². The quantitative estimate of drug-likeness (QED) is 0.128. The number of aromatic nitrogens is 2. The predicted octanol–water partition coefficient (Wildman–Crippen LogP) is 9.89. The van der Waals surface area contributed by atoms with Gasteiger partial charge in [-0.05, 0) is 87.8 Å². The van der Waals surface area contributed by atoms with Crippen LogP contribution in [0.25, 0.3) is 44.3 Å². The highest BCUT2D eigenvalue weighted by Crippen LogP contribution is 2.41. The lowest BCUT2D eigenvalue weighted by Gasteiger charge is -2.18. The number of hydrogen-bond acceptors (Lipinski definition) is 6. The molecule has 46 heavy (non-hydrogen) atoms. The average Bonchev–Trinajstić information content (AvgIpc) is 3.08. The van der Waals surface area contributed by atoms with Crippen LogP contribution in [-0.2, 0) is 0 Å². The summed E-state index contributed by atoms with van der Waals surface area (Å²) < 4.78 is 25.7. The van der Waals surface area contributed by atoms with Crippen LogP contribution in [0.2, 0.25) is 0 Å². The third-order valence-corrected chi connectivity index (χ3v) is 8.43. The SMILES string of the molecule is C1=C\CCCOc2cccc3c2-c2ccc4ccc5ccc(nc5c4n2)-c2c(cccc2OCCC/C=C/CCCO3)OCCC/1. The van der Waals surface area contributed by atoms with Gasteiger partial charge in [0.05, 0.1) is 60.0 Å². The molecule has 6 bridgehead atoms. The highest BCUT2D eigenvalue weighted by atomic mass is 16.5. The molecule has 3 aromatic carbocycles. The maximum absolute atomic E-state index is 6.42. The normalized spacial score (nSPS) is 17.6. The molecule has 0 unspecified atom stereocenters. The maximum Gasteiger partial charge on any atom is 0.132 e. The van der Waals surface area contributed by atoms with Gasteiger partial charge in [0.1, 0.15) is 23.0 Å². The number of benzene rings is 3. The van der Waals surface area contributed by atoms with Gasteiger partial charge in [-0.15, -0.1) is 0 Å². The second-order valence-corrected chi connectivity index (χ2v) is 11.8. The van der Waals surface area contributed by atoms with E-state index in [0.29, 0.717) is 26.4 Å². The second-order valence-electron chi connectivity index (χ2n) is 11.8. The fourth-order valence-electron chi connectivity index (χ4n) is 6.06. The highest BCUT2D eigenvalue weighted by Gasteiger charge is 2.19. The first kappa shape index (κ1) is 29.8. The zero-order valence-electron chi connectivity index (χ0n) is 26.3. The maximum atomic E-state index is 6.42. The van der Waals surface area contributed by atoms with Crippen LogP contribution in [0.4, 0.5) is 0 Å². The average molecular weight is 613 g/mol. The minimum atomic E-state index is 0.608. The molecule has 0 saturated carbocycles. The summed E-state index contributed by atoms with van der Waals surface area (Å²) in [5.41, 5.74) is 5.02. The van der Waals surface area contributed by atoms with Gasteiger partial charge in [-0.2, -0.15) is 0 Å². The van der Waals surface area contributed by atoms with Crippen LogP contribution >= 0.6 is 0 Å². The van der Waals surface area contributed by atoms with Crippen LogP contribution in [0.3, 0.4) is 0 Å². The first-order valence-corrected chi connectivity index (χ1v) is 16.6. The van der Waals surface area contributed by atoms with Crippen LogP contribution in [0, 0.1) is 0 Å². The third kappa shape index (κ3) is 6.71. The molecular formula is C40H40N2O4. The van der Waals surface area contributed by atoms with Crippen molar-refractivity contribution in [3.8, 4) is 45.5 Å². The number of nitrogens with zero attached hydrogens (tertiary/aromatic N) is 2. The van der Waals surface area contributed by atoms with Crippen LogP contribution < -0.4 is 18.9 Å². The lowest BCUT2D eigenvalue weighted by atomic mass is 10.0. The van der Waals surface area contributed by atoms with Crippen LogP contribution in [-0.4, -0.2) is 36.4 Å². The van der Waals surface area contributed by atoms with E-state index in [-0.39, 0.29) is 0 Å². The van der Waals surface area contributed by atoms with E-state index in [1.54, 1.807) is 0 Å². The van der Waals surface area contributed by atoms with Gasteiger partial charge < -0.3 is 18.9 Å². The Balaban J connectivity index is 1.44. The molecule has 0 atom stereocenters. The van der Waals surface area contributed by atoms with Crippen LogP contribution in [0.1, 0.15) is 51.4 Å². The van der Waals surface area contributed by atoms with E-state index < -0.39 is 0 Å². The Morgan fingerprint density at radius 1 is 0.391 bits per heavy atom. The minimum Gasteiger partial charge on any atom is -0.493 e. The van der Waals surface area contributed by atoms with Crippen molar-refractivity contribution in [3.63, 3.8) is 0 Å². The summed E-state index contributed by atoms with van der Waals surface area (Å²) in [5.74, 6) is 3.14. The molecule has 6 heteroatoms. The minimum absolute atomic E-state index is 0.608. The van der Waals surface area contributed by atoms with E-state index in [0.717, 1.165) is 119 Å². The summed E-state index contributed by atoms with van der Waals surface area (Å²) in [4.78, 5) is 10.5. The van der Waals surface area contributed by atoms with Crippen molar-refractivity contribution in [2.45, 2.75) is 51.4 Å². The molecule has 7 rings (SSSR count). The number of allylic oxidation sites excluding steroid dienone is 4. The Morgan fingerprint density at radius 3 is 1.07 bits per heavy atom. The predicted molar refractivity (Wildman–Crippen MR) is 185 cm³/mol. The van der Waals surface area contributed by atoms with Gasteiger partial charge in [-0.1, -0.05) is 60.7 Å². The Morgan fingerprint density at radius 2 is 0.717 bits per heavy atom. The summed E-state index contributed by atoms with van der Waals surface area (Å²) in [5, 5.41) is 2.04. The largest absolute Gasteiger partial charge is 0.493 e. The molecule has 0 spiro atoms. The third-order valence-electron chi connectivity index (χ3n) is 8.43. The molecule has 0 amide bonds. The van der Waals surface area contributed by atoms with E-state index in [9.17, 15) is 0 Å². The van der Waals surface area contributed by atoms with Crippen molar-refractivity contribution in [1.29, 1.82) is 0 Å². The molecule has 0 N–H and O–H groups in total. The number of pyridine rings is 2. The molecule has 0 saturated heterocycles. The van der Waals surface area contributed by atoms with E-state index in [1.807, 2.05) is 36.4 Å². The summed E-state index contributed by atoms with van der Waals surface area (Å²) in [6.45, 7) is 2.43. The van der Waals surface area contributed by atoms with Crippen molar-refractivity contribution >= 4 is 21.8 Å². The fourth-order valence-corrected chi connectivity index (χ4v) is 6.06. The van der Waals surface area contributed by atoms with Gasteiger partial charge in [0.2, 0.25) is 0 Å². The lowest BCUT2D eigenvalue weighted by molar-refractivity contribution is 0.297. The first-order valence-electron chi connectivity index (χ1n) is 16.6. The van der Waals surface area contributed by atoms with Gasteiger partial charge in [-0.3, -0.25) is 0 Å². The molecule has 2 aliphatic heterocycles. The summed E-state index contributed by atoms with van der Waals surface area (Å²) >= 11 is 0. The number of ether oxygens (including phenoxy) is 4. The van der Waals surface area contributed by atoms with Crippen LogP contribution in [0.15, 0.2) is 97.1 Å². The van der Waals surface area contributed by atoms with E-state index in [2.05, 4.69) is 60.7 Å². The molecule has 5 aromatic rings. The highest BCUT2D eigenvalue weighted by molar-refractivity contribution is 6.04. The number of hydrogen-bond donors (Lipinski definition) is 0. The van der Waals surface area contributed by atoms with Gasteiger partial charge in [0.25, 0.3) is 0 Å².